The van der Waals surface area contributed by atoms with Crippen molar-refractivity contribution in [2.75, 3.05) is 0 Å². The molecule has 0 bridgehead atoms. The van der Waals surface area contributed by atoms with Crippen LogP contribution >= 0.6 is 0 Å². The van der Waals surface area contributed by atoms with Crippen molar-refractivity contribution in [1.29, 1.82) is 0 Å². The zero-order valence-corrected chi connectivity index (χ0v) is 17.3. The highest BCUT2D eigenvalue weighted by atomic mass is 16.3. The van der Waals surface area contributed by atoms with E-state index in [0.717, 1.165) is 33.2 Å². The molecule has 0 aliphatic heterocycles. The highest BCUT2D eigenvalue weighted by Gasteiger charge is 2.26. The van der Waals surface area contributed by atoms with Gasteiger partial charge < -0.3 is 4.42 Å². The Balaban J connectivity index is 2.13. The lowest BCUT2D eigenvalue weighted by atomic mass is 9.83. The molecule has 0 aliphatic carbocycles. The first-order valence-corrected chi connectivity index (χ1v) is 9.56. The van der Waals surface area contributed by atoms with Crippen LogP contribution in [-0.4, -0.2) is 0 Å². The number of nitrogens with zero attached hydrogens (tertiary/aromatic N) is 2. The zero-order valence-electron chi connectivity index (χ0n) is 17.3. The quantitative estimate of drug-likeness (QED) is 0.276. The monoisotopic (exact) mass is 369 g/mol. The van der Waals surface area contributed by atoms with Gasteiger partial charge in [-0.3, -0.25) is 0 Å². The maximum Gasteiger partial charge on any atom is 0.229 e. The summed E-state index contributed by atoms with van der Waals surface area (Å²) in [5.41, 5.74) is 8.13. The molecule has 0 atom stereocenters. The summed E-state index contributed by atoms with van der Waals surface area (Å²) < 4.78 is 8.50. The predicted octanol–water partition coefficient (Wildman–Crippen LogP) is 6.54. The van der Waals surface area contributed by atoms with Crippen LogP contribution in [-0.2, 0) is 12.5 Å². The van der Waals surface area contributed by atoms with E-state index in [4.69, 9.17) is 11.0 Å². The molecule has 28 heavy (non-hydrogen) atoms. The van der Waals surface area contributed by atoms with Crippen molar-refractivity contribution in [3.05, 3.63) is 70.7 Å². The van der Waals surface area contributed by atoms with Crippen molar-refractivity contribution >= 4 is 27.6 Å². The van der Waals surface area contributed by atoms with Crippen LogP contribution < -0.4 is 4.57 Å². The molecule has 4 rings (SSSR count). The molecule has 0 spiro atoms. The van der Waals surface area contributed by atoms with Crippen LogP contribution in [0.4, 0.5) is 5.69 Å². The lowest BCUT2D eigenvalue weighted by Gasteiger charge is -2.21. The fourth-order valence-electron chi connectivity index (χ4n) is 4.19. The number of para-hydroxylation sites is 1. The highest BCUT2D eigenvalue weighted by molar-refractivity contribution is 6.12. The number of pyridine rings is 1. The van der Waals surface area contributed by atoms with Crippen molar-refractivity contribution in [3.8, 4) is 11.3 Å². The van der Waals surface area contributed by atoms with Gasteiger partial charge in [-0.15, -0.1) is 0 Å². The highest BCUT2D eigenvalue weighted by Crippen LogP contribution is 2.40. The minimum atomic E-state index is 0.0556. The average molecular weight is 369 g/mol. The van der Waals surface area contributed by atoms with Crippen molar-refractivity contribution in [3.63, 3.8) is 0 Å². The molecule has 4 aromatic rings. The van der Waals surface area contributed by atoms with E-state index in [1.807, 2.05) is 18.2 Å². The molecular formula is C25H25N2O+. The summed E-state index contributed by atoms with van der Waals surface area (Å²) >= 11 is 0. The maximum atomic E-state index is 7.47. The van der Waals surface area contributed by atoms with Crippen LogP contribution in [0.3, 0.4) is 0 Å². The fraction of sp³-hybridized carbons (Fsp3) is 0.280. The summed E-state index contributed by atoms with van der Waals surface area (Å²) in [5, 5.41) is 2.05. The minimum absolute atomic E-state index is 0.0556. The molecule has 0 N–H and O–H groups in total. The van der Waals surface area contributed by atoms with Gasteiger partial charge in [-0.2, -0.15) is 0 Å². The van der Waals surface area contributed by atoms with Gasteiger partial charge in [-0.25, -0.2) is 9.41 Å². The molecule has 140 valence electrons. The fourth-order valence-corrected chi connectivity index (χ4v) is 4.19. The Labute approximate surface area is 166 Å². The largest absolute Gasteiger partial charge is 0.466 e. The Kier molecular flexibility index (Phi) is 4.05. The second-order valence-corrected chi connectivity index (χ2v) is 8.62. The van der Waals surface area contributed by atoms with Crippen molar-refractivity contribution in [2.24, 2.45) is 7.05 Å². The molecule has 0 saturated carbocycles. The van der Waals surface area contributed by atoms with Gasteiger partial charge in [0.2, 0.25) is 11.4 Å². The number of hydrogen-bond donors (Lipinski definition) is 0. The Morgan fingerprint density at radius 1 is 0.964 bits per heavy atom. The minimum Gasteiger partial charge on any atom is -0.466 e. The Bertz CT molecular complexity index is 1280. The van der Waals surface area contributed by atoms with E-state index in [1.54, 1.807) is 0 Å². The van der Waals surface area contributed by atoms with E-state index in [9.17, 15) is 0 Å². The number of rotatable bonds is 1. The first-order valence-electron chi connectivity index (χ1n) is 9.56. The third kappa shape index (κ3) is 2.68. The van der Waals surface area contributed by atoms with Gasteiger partial charge in [0, 0.05) is 22.4 Å². The van der Waals surface area contributed by atoms with E-state index >= 15 is 0 Å². The standard InChI is InChI=1S/C25H25N2O/c1-15-11-12-18-17-9-8-10-20(26-6)23(17)28-24(18)22(15)21-13-19(25(3,4)5)16(2)14-27(21)7/h8-14H,1-5,7H3/q+1. The molecule has 2 aromatic carbocycles. The molecular weight excluding hydrogens is 344 g/mol. The lowest BCUT2D eigenvalue weighted by molar-refractivity contribution is -0.660. The maximum absolute atomic E-state index is 7.47. The van der Waals surface area contributed by atoms with Crippen LogP contribution in [0.5, 0.6) is 0 Å². The van der Waals surface area contributed by atoms with Crippen molar-refractivity contribution in [1.82, 2.24) is 0 Å². The molecule has 2 aromatic heterocycles. The van der Waals surface area contributed by atoms with Crippen LogP contribution in [0.2, 0.25) is 0 Å². The number of aryl methyl sites for hydroxylation is 3. The second-order valence-electron chi connectivity index (χ2n) is 8.62. The van der Waals surface area contributed by atoms with Crippen LogP contribution in [0, 0.1) is 20.4 Å². The van der Waals surface area contributed by atoms with E-state index in [-0.39, 0.29) is 5.41 Å². The summed E-state index contributed by atoms with van der Waals surface area (Å²) in [4.78, 5) is 3.65. The van der Waals surface area contributed by atoms with Gasteiger partial charge in [0.15, 0.2) is 6.20 Å². The Morgan fingerprint density at radius 2 is 1.68 bits per heavy atom. The molecule has 2 heterocycles. The Morgan fingerprint density at radius 3 is 2.36 bits per heavy atom. The smallest absolute Gasteiger partial charge is 0.229 e. The summed E-state index contributed by atoms with van der Waals surface area (Å²) in [6.07, 6.45) is 2.20. The summed E-state index contributed by atoms with van der Waals surface area (Å²) in [6.45, 7) is 18.5. The second kappa shape index (κ2) is 6.21. The molecule has 3 heteroatoms. The van der Waals surface area contributed by atoms with Gasteiger partial charge in [0.25, 0.3) is 0 Å². The van der Waals surface area contributed by atoms with Gasteiger partial charge >= 0.3 is 0 Å². The summed E-state index contributed by atoms with van der Waals surface area (Å²) in [7, 11) is 2.08. The van der Waals surface area contributed by atoms with Gasteiger partial charge in [-0.05, 0) is 30.4 Å². The first-order chi connectivity index (χ1) is 13.2. The number of fused-ring (bicyclic) bond motifs is 3. The molecule has 3 nitrogen and oxygen atoms in total. The van der Waals surface area contributed by atoms with Crippen LogP contribution in [0.15, 0.2) is 47.0 Å². The number of aromatic nitrogens is 1. The number of hydrogen-bond acceptors (Lipinski definition) is 1. The SMILES string of the molecule is [C-]#[N+]c1cccc2c1oc1c(-c3cc(C(C)(C)C)c(C)c[n+]3C)c(C)ccc12. The number of furan rings is 1. The van der Waals surface area contributed by atoms with E-state index in [0.29, 0.717) is 11.3 Å². The van der Waals surface area contributed by atoms with Crippen molar-refractivity contribution < 1.29 is 8.98 Å². The van der Waals surface area contributed by atoms with E-state index in [2.05, 4.69) is 75.5 Å². The zero-order chi connectivity index (χ0) is 20.2. The first kappa shape index (κ1) is 18.3. The molecule has 0 radical (unpaired) electrons. The summed E-state index contributed by atoms with van der Waals surface area (Å²) in [5.74, 6) is 0. The molecule has 0 unspecified atom stereocenters. The van der Waals surface area contributed by atoms with E-state index < -0.39 is 0 Å². The van der Waals surface area contributed by atoms with Crippen LogP contribution in [0.25, 0.3) is 38.0 Å². The third-order valence-electron chi connectivity index (χ3n) is 5.51. The average Bonchev–Trinajstić information content (AvgIpc) is 3.00. The molecule has 0 amide bonds. The van der Waals surface area contributed by atoms with E-state index in [1.165, 1.54) is 11.1 Å². The third-order valence-corrected chi connectivity index (χ3v) is 5.51. The normalized spacial score (nSPS) is 11.9. The summed E-state index contributed by atoms with van der Waals surface area (Å²) in [6, 6.07) is 12.3. The predicted molar refractivity (Wildman–Crippen MR) is 115 cm³/mol. The Hall–Kier alpha value is -3.12. The van der Waals surface area contributed by atoms with Crippen molar-refractivity contribution in [2.45, 2.75) is 40.0 Å². The molecule has 0 aliphatic rings. The molecule has 0 fully saturated rings. The van der Waals surface area contributed by atoms with Gasteiger partial charge in [0.05, 0.1) is 12.1 Å². The molecule has 0 saturated heterocycles. The lowest BCUT2D eigenvalue weighted by Crippen LogP contribution is -2.33. The van der Waals surface area contributed by atoms with Gasteiger partial charge in [-0.1, -0.05) is 51.1 Å². The topological polar surface area (TPSA) is 21.4 Å². The number of benzene rings is 2. The van der Waals surface area contributed by atoms with Crippen LogP contribution in [0.1, 0.15) is 37.5 Å². The van der Waals surface area contributed by atoms with Gasteiger partial charge in [0.1, 0.15) is 18.2 Å².